The Balaban J connectivity index is 2.76. The Labute approximate surface area is 122 Å². The lowest BCUT2D eigenvalue weighted by Gasteiger charge is -2.08. The molecule has 0 aromatic heterocycles. The number of amides is 2. The van der Waals surface area contributed by atoms with Crippen molar-refractivity contribution in [1.82, 2.24) is 5.32 Å². The van der Waals surface area contributed by atoms with Gasteiger partial charge < -0.3 is 15.7 Å². The highest BCUT2D eigenvalue weighted by Crippen LogP contribution is 2.13. The number of likely N-dealkylation sites (N-methyl/N-ethyl adjacent to an activating group) is 1. The summed E-state index contributed by atoms with van der Waals surface area (Å²) < 4.78 is 0. The zero-order valence-corrected chi connectivity index (χ0v) is 12.2. The Morgan fingerprint density at radius 1 is 1.05 bits per heavy atom. The van der Waals surface area contributed by atoms with E-state index in [1.807, 2.05) is 0 Å². The zero-order valence-electron chi connectivity index (χ0n) is 12.2. The van der Waals surface area contributed by atoms with E-state index in [1.165, 1.54) is 13.8 Å². The molecule has 2 amide bonds. The van der Waals surface area contributed by atoms with E-state index in [2.05, 4.69) is 10.6 Å². The highest BCUT2D eigenvalue weighted by molar-refractivity contribution is 6.08. The fourth-order valence-electron chi connectivity index (χ4n) is 1.54. The molecule has 3 N–H and O–H groups in total. The molecule has 0 atom stereocenters. The van der Waals surface area contributed by atoms with Gasteiger partial charge in [0.05, 0.1) is 6.42 Å². The minimum atomic E-state index is -1.12. The Kier molecular flexibility index (Phi) is 5.66. The molecule has 0 saturated heterocycles. The van der Waals surface area contributed by atoms with E-state index in [1.54, 1.807) is 31.3 Å². The molecule has 0 bridgehead atoms. The number of carboxylic acids is 1. The number of carboxylic acid groups (broad SMARTS) is 1. The van der Waals surface area contributed by atoms with Crippen LogP contribution in [0, 0.1) is 0 Å². The number of rotatable bonds is 5. The number of nitrogens with one attached hydrogen (secondary N) is 2. The van der Waals surface area contributed by atoms with Gasteiger partial charge in [-0.1, -0.05) is 12.1 Å². The van der Waals surface area contributed by atoms with Gasteiger partial charge in [0.1, 0.15) is 0 Å². The Hall–Kier alpha value is -2.63. The standard InChI is InChI=1S/C15H18N2O4/c1-9(10(2)15(20)21)14(19)17-12-6-4-11(5-7-12)8-13(18)16-3/h4-7H,8H2,1-3H3,(H,16,18)(H,17,19)(H,20,21). The molecule has 0 fully saturated rings. The number of aliphatic carboxylic acids is 1. The number of carbonyl (C=O) groups is 3. The average Bonchev–Trinajstić information content (AvgIpc) is 2.47. The normalized spacial score (nSPS) is 11.4. The third-order valence-corrected chi connectivity index (χ3v) is 3.08. The first kappa shape index (κ1) is 16.4. The van der Waals surface area contributed by atoms with Crippen molar-refractivity contribution in [3.8, 4) is 0 Å². The van der Waals surface area contributed by atoms with E-state index >= 15 is 0 Å². The topological polar surface area (TPSA) is 95.5 Å². The van der Waals surface area contributed by atoms with Crippen molar-refractivity contribution >= 4 is 23.5 Å². The summed E-state index contributed by atoms with van der Waals surface area (Å²) in [6, 6.07) is 6.79. The molecule has 0 aliphatic heterocycles. The number of hydrogen-bond acceptors (Lipinski definition) is 3. The van der Waals surface area contributed by atoms with Gasteiger partial charge in [0.2, 0.25) is 5.91 Å². The van der Waals surface area contributed by atoms with Crippen LogP contribution in [0.5, 0.6) is 0 Å². The van der Waals surface area contributed by atoms with Crippen LogP contribution >= 0.6 is 0 Å². The third-order valence-electron chi connectivity index (χ3n) is 3.08. The van der Waals surface area contributed by atoms with E-state index in [9.17, 15) is 14.4 Å². The molecule has 6 heteroatoms. The van der Waals surface area contributed by atoms with E-state index in [0.717, 1.165) is 5.56 Å². The molecule has 0 aliphatic rings. The first-order valence-electron chi connectivity index (χ1n) is 6.36. The fraction of sp³-hybridized carbons (Fsp3) is 0.267. The van der Waals surface area contributed by atoms with Crippen LogP contribution in [-0.4, -0.2) is 29.9 Å². The number of anilines is 1. The van der Waals surface area contributed by atoms with Crippen LogP contribution < -0.4 is 10.6 Å². The van der Waals surface area contributed by atoms with Gasteiger partial charge >= 0.3 is 5.97 Å². The molecule has 0 saturated carbocycles. The minimum Gasteiger partial charge on any atom is -0.478 e. The van der Waals surface area contributed by atoms with E-state index < -0.39 is 11.9 Å². The lowest BCUT2D eigenvalue weighted by atomic mass is 10.1. The van der Waals surface area contributed by atoms with Crippen LogP contribution in [-0.2, 0) is 20.8 Å². The quantitative estimate of drug-likeness (QED) is 0.713. The molecule has 112 valence electrons. The molecule has 0 radical (unpaired) electrons. The molecule has 6 nitrogen and oxygen atoms in total. The summed E-state index contributed by atoms with van der Waals surface area (Å²) in [6.45, 7) is 2.84. The molecule has 1 rings (SSSR count). The van der Waals surface area contributed by atoms with Gasteiger partial charge in [-0.05, 0) is 31.5 Å². The largest absolute Gasteiger partial charge is 0.478 e. The number of carbonyl (C=O) groups excluding carboxylic acids is 2. The average molecular weight is 290 g/mol. The predicted molar refractivity (Wildman–Crippen MR) is 78.9 cm³/mol. The summed E-state index contributed by atoms with van der Waals surface area (Å²) in [4.78, 5) is 33.9. The van der Waals surface area contributed by atoms with Crippen LogP contribution in [0.15, 0.2) is 35.4 Å². The first-order valence-corrected chi connectivity index (χ1v) is 6.36. The molecule has 1 aromatic carbocycles. The Morgan fingerprint density at radius 2 is 1.62 bits per heavy atom. The highest BCUT2D eigenvalue weighted by atomic mass is 16.4. The SMILES string of the molecule is CNC(=O)Cc1ccc(NC(=O)C(C)=C(C)C(=O)O)cc1. The third kappa shape index (κ3) is 4.76. The van der Waals surface area contributed by atoms with Gasteiger partial charge in [-0.25, -0.2) is 4.79 Å². The van der Waals surface area contributed by atoms with Crippen LogP contribution in [0.3, 0.4) is 0 Å². The van der Waals surface area contributed by atoms with Gasteiger partial charge in [0.25, 0.3) is 5.91 Å². The highest BCUT2D eigenvalue weighted by Gasteiger charge is 2.12. The summed E-state index contributed by atoms with van der Waals surface area (Å²) in [5, 5.41) is 14.0. The van der Waals surface area contributed by atoms with Gasteiger partial charge in [-0.3, -0.25) is 9.59 Å². The smallest absolute Gasteiger partial charge is 0.331 e. The maximum Gasteiger partial charge on any atom is 0.331 e. The predicted octanol–water partition coefficient (Wildman–Crippen LogP) is 1.33. The van der Waals surface area contributed by atoms with E-state index in [0.29, 0.717) is 5.69 Å². The number of benzene rings is 1. The summed E-state index contributed by atoms with van der Waals surface area (Å²) >= 11 is 0. The molecular weight excluding hydrogens is 272 g/mol. The lowest BCUT2D eigenvalue weighted by Crippen LogP contribution is -2.20. The second kappa shape index (κ2) is 7.23. The van der Waals surface area contributed by atoms with E-state index in [4.69, 9.17) is 5.11 Å². The fourth-order valence-corrected chi connectivity index (χ4v) is 1.54. The van der Waals surface area contributed by atoms with Crippen molar-refractivity contribution in [2.75, 3.05) is 12.4 Å². The second-order valence-electron chi connectivity index (χ2n) is 4.56. The number of hydrogen-bond donors (Lipinski definition) is 3. The van der Waals surface area contributed by atoms with Gasteiger partial charge in [-0.2, -0.15) is 0 Å². The van der Waals surface area contributed by atoms with Crippen molar-refractivity contribution in [3.05, 3.63) is 41.0 Å². The van der Waals surface area contributed by atoms with Crippen molar-refractivity contribution in [1.29, 1.82) is 0 Å². The van der Waals surface area contributed by atoms with E-state index in [-0.39, 0.29) is 23.5 Å². The summed E-state index contributed by atoms with van der Waals surface area (Å²) in [5.74, 6) is -1.68. The first-order chi connectivity index (χ1) is 9.85. The van der Waals surface area contributed by atoms with Gasteiger partial charge in [-0.15, -0.1) is 0 Å². The summed E-state index contributed by atoms with van der Waals surface area (Å²) in [5.41, 5.74) is 1.51. The van der Waals surface area contributed by atoms with Crippen LogP contribution in [0.25, 0.3) is 0 Å². The van der Waals surface area contributed by atoms with Crippen molar-refractivity contribution in [2.45, 2.75) is 20.3 Å². The van der Waals surface area contributed by atoms with Crippen LogP contribution in [0.4, 0.5) is 5.69 Å². The molecular formula is C15H18N2O4. The van der Waals surface area contributed by atoms with Crippen molar-refractivity contribution < 1.29 is 19.5 Å². The van der Waals surface area contributed by atoms with Gasteiger partial charge in [0.15, 0.2) is 0 Å². The van der Waals surface area contributed by atoms with Crippen LogP contribution in [0.2, 0.25) is 0 Å². The summed E-state index contributed by atoms with van der Waals surface area (Å²) in [7, 11) is 1.57. The summed E-state index contributed by atoms with van der Waals surface area (Å²) in [6.07, 6.45) is 0.266. The minimum absolute atomic E-state index is 0.00346. The van der Waals surface area contributed by atoms with Crippen molar-refractivity contribution in [3.63, 3.8) is 0 Å². The Bertz CT molecular complexity index is 588. The van der Waals surface area contributed by atoms with Gasteiger partial charge in [0, 0.05) is 23.9 Å². The molecule has 1 aromatic rings. The molecule has 0 unspecified atom stereocenters. The molecule has 21 heavy (non-hydrogen) atoms. The van der Waals surface area contributed by atoms with Crippen molar-refractivity contribution in [2.24, 2.45) is 0 Å². The molecule has 0 spiro atoms. The monoisotopic (exact) mass is 290 g/mol. The zero-order chi connectivity index (χ0) is 16.0. The van der Waals surface area contributed by atoms with Crippen LogP contribution in [0.1, 0.15) is 19.4 Å². The maximum atomic E-state index is 11.9. The molecule has 0 heterocycles. The lowest BCUT2D eigenvalue weighted by molar-refractivity contribution is -0.133. The Morgan fingerprint density at radius 3 is 2.10 bits per heavy atom. The second-order valence-corrected chi connectivity index (χ2v) is 4.56. The molecule has 0 aliphatic carbocycles. The maximum absolute atomic E-state index is 11.9.